The highest BCUT2D eigenvalue weighted by Gasteiger charge is 2.23. The summed E-state index contributed by atoms with van der Waals surface area (Å²) in [6, 6.07) is 2.14. The maximum Gasteiger partial charge on any atom is 0.0624 e. The van der Waals surface area contributed by atoms with E-state index in [1.54, 1.807) is 0 Å². The van der Waals surface area contributed by atoms with Crippen LogP contribution < -0.4 is 0 Å². The predicted octanol–water partition coefficient (Wildman–Crippen LogP) is 1.93. The van der Waals surface area contributed by atoms with Gasteiger partial charge >= 0.3 is 0 Å². The summed E-state index contributed by atoms with van der Waals surface area (Å²) < 4.78 is 1.93. The van der Waals surface area contributed by atoms with E-state index >= 15 is 0 Å². The van der Waals surface area contributed by atoms with Gasteiger partial charge in [-0.25, -0.2) is 0 Å². The summed E-state index contributed by atoms with van der Waals surface area (Å²) in [5, 5.41) is 13.8. The quantitative estimate of drug-likeness (QED) is 0.806. The topological polar surface area (TPSA) is 38.0 Å². The van der Waals surface area contributed by atoms with E-state index < -0.39 is 0 Å². The zero-order valence-corrected chi connectivity index (χ0v) is 10.2. The second kappa shape index (κ2) is 4.79. The first-order valence-electron chi connectivity index (χ1n) is 5.67. The SMILES string of the molecule is CCc1cc(CC(C)(CC)CO)n(C)n1. The van der Waals surface area contributed by atoms with Crippen molar-refractivity contribution < 1.29 is 5.11 Å². The summed E-state index contributed by atoms with van der Waals surface area (Å²) in [5.74, 6) is 0. The molecular weight excluding hydrogens is 188 g/mol. The van der Waals surface area contributed by atoms with E-state index in [0.29, 0.717) is 0 Å². The number of nitrogens with zero attached hydrogens (tertiary/aromatic N) is 2. The van der Waals surface area contributed by atoms with Crippen LogP contribution in [-0.4, -0.2) is 21.5 Å². The molecule has 0 aromatic carbocycles. The lowest BCUT2D eigenvalue weighted by Gasteiger charge is -2.25. The fraction of sp³-hybridized carbons (Fsp3) is 0.750. The Morgan fingerprint density at radius 1 is 1.47 bits per heavy atom. The zero-order chi connectivity index (χ0) is 11.5. The number of hydrogen-bond acceptors (Lipinski definition) is 2. The van der Waals surface area contributed by atoms with Crippen molar-refractivity contribution in [1.29, 1.82) is 0 Å². The van der Waals surface area contributed by atoms with E-state index in [1.807, 2.05) is 11.7 Å². The minimum absolute atomic E-state index is 0.0151. The summed E-state index contributed by atoms with van der Waals surface area (Å²) in [6.07, 6.45) is 2.84. The molecule has 1 atom stereocenters. The molecule has 0 aliphatic heterocycles. The molecular formula is C12H22N2O. The molecule has 1 aromatic rings. The molecule has 0 aliphatic carbocycles. The van der Waals surface area contributed by atoms with E-state index in [-0.39, 0.29) is 12.0 Å². The Bertz CT molecular complexity index is 313. The molecule has 3 heteroatoms. The third-order valence-corrected chi connectivity index (χ3v) is 3.23. The van der Waals surface area contributed by atoms with Gasteiger partial charge in [0, 0.05) is 19.3 Å². The maximum atomic E-state index is 9.37. The molecule has 1 N–H and O–H groups in total. The number of aromatic nitrogens is 2. The number of aliphatic hydroxyl groups excluding tert-OH is 1. The van der Waals surface area contributed by atoms with E-state index in [0.717, 1.165) is 25.0 Å². The molecule has 15 heavy (non-hydrogen) atoms. The Morgan fingerprint density at radius 3 is 2.53 bits per heavy atom. The van der Waals surface area contributed by atoms with Crippen molar-refractivity contribution in [2.24, 2.45) is 12.5 Å². The number of hydrogen-bond donors (Lipinski definition) is 1. The van der Waals surface area contributed by atoms with Gasteiger partial charge < -0.3 is 5.11 Å². The summed E-state index contributed by atoms with van der Waals surface area (Å²) in [5.41, 5.74) is 2.33. The Kier molecular flexibility index (Phi) is 3.91. The van der Waals surface area contributed by atoms with E-state index in [9.17, 15) is 5.11 Å². The Balaban J connectivity index is 2.83. The smallest absolute Gasteiger partial charge is 0.0624 e. The van der Waals surface area contributed by atoms with Gasteiger partial charge in [0.1, 0.15) is 0 Å². The summed E-state index contributed by atoms with van der Waals surface area (Å²) in [6.45, 7) is 6.58. The summed E-state index contributed by atoms with van der Waals surface area (Å²) >= 11 is 0. The highest BCUT2D eigenvalue weighted by Crippen LogP contribution is 2.25. The van der Waals surface area contributed by atoms with E-state index in [2.05, 4.69) is 31.9 Å². The fourth-order valence-corrected chi connectivity index (χ4v) is 1.64. The Hall–Kier alpha value is -0.830. The van der Waals surface area contributed by atoms with E-state index in [4.69, 9.17) is 0 Å². The molecule has 0 fully saturated rings. The molecule has 0 bridgehead atoms. The minimum Gasteiger partial charge on any atom is -0.396 e. The van der Waals surface area contributed by atoms with Crippen molar-refractivity contribution in [1.82, 2.24) is 9.78 Å². The molecule has 0 spiro atoms. The van der Waals surface area contributed by atoms with Crippen molar-refractivity contribution in [2.75, 3.05) is 6.61 Å². The highest BCUT2D eigenvalue weighted by atomic mass is 16.3. The summed E-state index contributed by atoms with van der Waals surface area (Å²) in [4.78, 5) is 0. The van der Waals surface area contributed by atoms with Gasteiger partial charge in [-0.1, -0.05) is 20.8 Å². The van der Waals surface area contributed by atoms with Gasteiger partial charge in [0.25, 0.3) is 0 Å². The highest BCUT2D eigenvalue weighted by molar-refractivity contribution is 5.12. The zero-order valence-electron chi connectivity index (χ0n) is 10.2. The van der Waals surface area contributed by atoms with Crippen molar-refractivity contribution in [3.05, 3.63) is 17.5 Å². The number of rotatable bonds is 5. The van der Waals surface area contributed by atoms with Crippen molar-refractivity contribution in [3.63, 3.8) is 0 Å². The average Bonchev–Trinajstić information content (AvgIpc) is 2.59. The van der Waals surface area contributed by atoms with Gasteiger partial charge in [-0.05, 0) is 30.7 Å². The molecule has 3 nitrogen and oxygen atoms in total. The molecule has 0 saturated carbocycles. The van der Waals surface area contributed by atoms with Crippen LogP contribution in [0.1, 0.15) is 38.6 Å². The summed E-state index contributed by atoms with van der Waals surface area (Å²) in [7, 11) is 1.97. The standard InChI is InChI=1S/C12H22N2O/c1-5-10-7-11(14(4)13-10)8-12(3,6-2)9-15/h7,15H,5-6,8-9H2,1-4H3. The van der Waals surface area contributed by atoms with Crippen LogP contribution in [0.25, 0.3) is 0 Å². The lowest BCUT2D eigenvalue weighted by atomic mass is 9.83. The lowest BCUT2D eigenvalue weighted by molar-refractivity contribution is 0.135. The van der Waals surface area contributed by atoms with Crippen LogP contribution in [0.3, 0.4) is 0 Å². The fourth-order valence-electron chi connectivity index (χ4n) is 1.64. The van der Waals surface area contributed by atoms with Gasteiger partial charge in [-0.2, -0.15) is 5.10 Å². The van der Waals surface area contributed by atoms with Crippen LogP contribution in [0, 0.1) is 5.41 Å². The van der Waals surface area contributed by atoms with Gasteiger partial charge in [-0.15, -0.1) is 0 Å². The van der Waals surface area contributed by atoms with Crippen molar-refractivity contribution in [2.45, 2.75) is 40.0 Å². The van der Waals surface area contributed by atoms with Crippen molar-refractivity contribution in [3.8, 4) is 0 Å². The minimum atomic E-state index is -0.0151. The largest absolute Gasteiger partial charge is 0.396 e. The Morgan fingerprint density at radius 2 is 2.13 bits per heavy atom. The lowest BCUT2D eigenvalue weighted by Crippen LogP contribution is -2.24. The second-order valence-electron chi connectivity index (χ2n) is 4.60. The van der Waals surface area contributed by atoms with Crippen LogP contribution in [0.4, 0.5) is 0 Å². The first-order chi connectivity index (χ1) is 7.04. The van der Waals surface area contributed by atoms with Crippen LogP contribution >= 0.6 is 0 Å². The molecule has 86 valence electrons. The van der Waals surface area contributed by atoms with Gasteiger partial charge in [0.2, 0.25) is 0 Å². The molecule has 1 aromatic heterocycles. The predicted molar refractivity (Wildman–Crippen MR) is 61.8 cm³/mol. The first kappa shape index (κ1) is 12.2. The second-order valence-corrected chi connectivity index (χ2v) is 4.60. The first-order valence-corrected chi connectivity index (χ1v) is 5.67. The van der Waals surface area contributed by atoms with Crippen LogP contribution in [0.15, 0.2) is 6.07 Å². The molecule has 0 saturated heterocycles. The molecule has 0 aliphatic rings. The maximum absolute atomic E-state index is 9.37. The van der Waals surface area contributed by atoms with Gasteiger partial charge in [0.15, 0.2) is 0 Å². The number of aryl methyl sites for hydroxylation is 2. The molecule has 0 amide bonds. The van der Waals surface area contributed by atoms with E-state index in [1.165, 1.54) is 5.69 Å². The molecule has 0 radical (unpaired) electrons. The average molecular weight is 210 g/mol. The number of aliphatic hydroxyl groups is 1. The van der Waals surface area contributed by atoms with Crippen LogP contribution in [-0.2, 0) is 19.9 Å². The third-order valence-electron chi connectivity index (χ3n) is 3.23. The molecule has 1 unspecified atom stereocenters. The molecule has 1 rings (SSSR count). The Labute approximate surface area is 92.1 Å². The third kappa shape index (κ3) is 2.81. The normalized spacial score (nSPS) is 15.3. The van der Waals surface area contributed by atoms with Crippen molar-refractivity contribution >= 4 is 0 Å². The van der Waals surface area contributed by atoms with Gasteiger partial charge in [-0.3, -0.25) is 4.68 Å². The van der Waals surface area contributed by atoms with Gasteiger partial charge in [0.05, 0.1) is 5.69 Å². The monoisotopic (exact) mass is 210 g/mol. The van der Waals surface area contributed by atoms with Crippen LogP contribution in [0.5, 0.6) is 0 Å². The molecule has 1 heterocycles. The van der Waals surface area contributed by atoms with Crippen LogP contribution in [0.2, 0.25) is 0 Å².